The van der Waals surface area contributed by atoms with Gasteiger partial charge in [0.05, 0.1) is 61.4 Å². The van der Waals surface area contributed by atoms with Crippen LogP contribution in [-0.4, -0.2) is 45.6 Å². The van der Waals surface area contributed by atoms with Crippen LogP contribution in [0.1, 0.15) is 31.0 Å². The van der Waals surface area contributed by atoms with Crippen molar-refractivity contribution >= 4 is 39.3 Å². The van der Waals surface area contributed by atoms with Crippen molar-refractivity contribution in [3.05, 3.63) is 76.9 Å². The zero-order chi connectivity index (χ0) is 27.6. The van der Waals surface area contributed by atoms with Crippen LogP contribution in [0.25, 0.3) is 6.08 Å². The van der Waals surface area contributed by atoms with Gasteiger partial charge in [0.15, 0.2) is 16.3 Å². The largest absolute Gasteiger partial charge is 0.496 e. The number of hydrogen-bond acceptors (Lipinski definition) is 9. The third-order valence-corrected chi connectivity index (χ3v) is 7.63. The summed E-state index contributed by atoms with van der Waals surface area (Å²) in [5, 5.41) is 0. The average Bonchev–Trinajstić information content (AvgIpc) is 3.21. The number of nitrogens with zero attached hydrogens (tertiary/aromatic N) is 2. The van der Waals surface area contributed by atoms with Gasteiger partial charge in [-0.1, -0.05) is 17.4 Å². The maximum Gasteiger partial charge on any atom is 0.338 e. The van der Waals surface area contributed by atoms with E-state index < -0.39 is 12.0 Å². The fourth-order valence-electron chi connectivity index (χ4n) is 4.27. The summed E-state index contributed by atoms with van der Waals surface area (Å²) in [6.07, 6.45) is 1.74. The number of fused-ring (bicyclic) bond motifs is 1. The molecule has 0 saturated heterocycles. The van der Waals surface area contributed by atoms with Gasteiger partial charge in [0.1, 0.15) is 11.5 Å². The summed E-state index contributed by atoms with van der Waals surface area (Å²) in [6, 6.07) is 8.06. The van der Waals surface area contributed by atoms with Crippen molar-refractivity contribution in [2.45, 2.75) is 19.9 Å². The van der Waals surface area contributed by atoms with Crippen LogP contribution in [0.2, 0.25) is 0 Å². The summed E-state index contributed by atoms with van der Waals surface area (Å²) in [4.78, 5) is 32.1. The number of carbonyl (C=O) groups excluding carboxylic acids is 1. The highest BCUT2D eigenvalue weighted by molar-refractivity contribution is 9.10. The van der Waals surface area contributed by atoms with Crippen LogP contribution in [0.15, 0.2) is 55.9 Å². The van der Waals surface area contributed by atoms with Crippen molar-refractivity contribution in [1.82, 2.24) is 4.57 Å². The van der Waals surface area contributed by atoms with Crippen LogP contribution >= 0.6 is 27.3 Å². The van der Waals surface area contributed by atoms with Gasteiger partial charge in [-0.05, 0) is 59.6 Å². The molecule has 2 aromatic carbocycles. The SMILES string of the molecule is CCOC(=O)C1=C(C)N=c2s/c(=C\c3cc(Br)c(OC)cc3OC)c(=O)n2C1c1ccc(OC)c(OC)c1. The van der Waals surface area contributed by atoms with Gasteiger partial charge in [-0.2, -0.15) is 0 Å². The lowest BCUT2D eigenvalue weighted by molar-refractivity contribution is -0.139. The Hall–Kier alpha value is -3.57. The van der Waals surface area contributed by atoms with E-state index >= 15 is 0 Å². The fraction of sp³-hybridized carbons (Fsp3) is 0.296. The molecule has 0 radical (unpaired) electrons. The van der Waals surface area contributed by atoms with Crippen molar-refractivity contribution < 1.29 is 28.5 Å². The molecule has 0 N–H and O–H groups in total. The van der Waals surface area contributed by atoms with E-state index in [0.717, 1.165) is 0 Å². The van der Waals surface area contributed by atoms with E-state index in [1.54, 1.807) is 65.5 Å². The Morgan fingerprint density at radius 1 is 1.03 bits per heavy atom. The molecule has 0 amide bonds. The topological polar surface area (TPSA) is 97.6 Å². The molecule has 1 aliphatic rings. The first kappa shape index (κ1) is 27.5. The van der Waals surface area contributed by atoms with Crippen molar-refractivity contribution in [3.8, 4) is 23.0 Å². The van der Waals surface area contributed by atoms with Crippen LogP contribution in [-0.2, 0) is 9.53 Å². The Balaban J connectivity index is 1.98. The standard InChI is InChI=1S/C27H27BrN2O7S/c1-7-37-26(32)23-14(2)29-27-30(24(23)15-8-9-18(33-3)21(11-15)36-6)25(31)22(38-27)12-16-10-17(28)20(35-5)13-19(16)34-4/h8-13,24H,7H2,1-6H3/b22-12-. The first-order valence-electron chi connectivity index (χ1n) is 11.6. The molecule has 11 heteroatoms. The number of allylic oxidation sites excluding steroid dienone is 1. The van der Waals surface area contributed by atoms with E-state index in [1.807, 2.05) is 6.07 Å². The minimum Gasteiger partial charge on any atom is -0.496 e. The minimum atomic E-state index is -0.781. The number of esters is 1. The molecular weight excluding hydrogens is 576 g/mol. The Morgan fingerprint density at radius 3 is 2.34 bits per heavy atom. The molecule has 0 fully saturated rings. The molecule has 0 bridgehead atoms. The molecule has 9 nitrogen and oxygen atoms in total. The van der Waals surface area contributed by atoms with Crippen molar-refractivity contribution in [2.75, 3.05) is 35.0 Å². The van der Waals surface area contributed by atoms with Crippen molar-refractivity contribution in [2.24, 2.45) is 4.99 Å². The monoisotopic (exact) mass is 602 g/mol. The highest BCUT2D eigenvalue weighted by Gasteiger charge is 2.34. The van der Waals surface area contributed by atoms with Crippen LogP contribution in [0.4, 0.5) is 0 Å². The quantitative estimate of drug-likeness (QED) is 0.363. The predicted octanol–water partition coefficient (Wildman–Crippen LogP) is 3.60. The van der Waals surface area contributed by atoms with E-state index in [2.05, 4.69) is 20.9 Å². The molecule has 1 atom stereocenters. The van der Waals surface area contributed by atoms with Gasteiger partial charge in [0.2, 0.25) is 0 Å². The number of thiazole rings is 1. The third-order valence-electron chi connectivity index (χ3n) is 6.03. The molecule has 3 aromatic rings. The number of methoxy groups -OCH3 is 4. The summed E-state index contributed by atoms with van der Waals surface area (Å²) in [5.74, 6) is 1.60. The Labute approximate surface area is 231 Å². The molecular formula is C27H27BrN2O7S. The number of hydrogen-bond donors (Lipinski definition) is 0. The van der Waals surface area contributed by atoms with Crippen molar-refractivity contribution in [1.29, 1.82) is 0 Å². The van der Waals surface area contributed by atoms with Gasteiger partial charge in [0.25, 0.3) is 5.56 Å². The zero-order valence-electron chi connectivity index (χ0n) is 21.8. The van der Waals surface area contributed by atoms with Gasteiger partial charge in [-0.25, -0.2) is 9.79 Å². The molecule has 1 aromatic heterocycles. The molecule has 1 aliphatic heterocycles. The highest BCUT2D eigenvalue weighted by atomic mass is 79.9. The molecule has 0 saturated carbocycles. The Kier molecular flexibility index (Phi) is 8.27. The molecule has 38 heavy (non-hydrogen) atoms. The summed E-state index contributed by atoms with van der Waals surface area (Å²) < 4.78 is 29.8. The summed E-state index contributed by atoms with van der Waals surface area (Å²) in [5.41, 5.74) is 1.77. The predicted molar refractivity (Wildman–Crippen MR) is 147 cm³/mol. The second-order valence-corrected chi connectivity index (χ2v) is 10.0. The summed E-state index contributed by atoms with van der Waals surface area (Å²) >= 11 is 4.71. The molecule has 0 spiro atoms. The Morgan fingerprint density at radius 2 is 1.71 bits per heavy atom. The van der Waals surface area contributed by atoms with Crippen LogP contribution in [0.3, 0.4) is 0 Å². The van der Waals surface area contributed by atoms with Crippen molar-refractivity contribution in [3.63, 3.8) is 0 Å². The summed E-state index contributed by atoms with van der Waals surface area (Å²) in [6.45, 7) is 3.65. The smallest absolute Gasteiger partial charge is 0.338 e. The van der Waals surface area contributed by atoms with Gasteiger partial charge in [-0.3, -0.25) is 9.36 Å². The lowest BCUT2D eigenvalue weighted by Crippen LogP contribution is -2.40. The van der Waals surface area contributed by atoms with E-state index in [0.29, 0.717) is 53.6 Å². The maximum atomic E-state index is 13.9. The van der Waals surface area contributed by atoms with E-state index in [4.69, 9.17) is 23.7 Å². The van der Waals surface area contributed by atoms with Gasteiger partial charge in [-0.15, -0.1) is 0 Å². The maximum absolute atomic E-state index is 13.9. The Bertz CT molecular complexity index is 1610. The van der Waals surface area contributed by atoms with E-state index in [1.165, 1.54) is 23.0 Å². The van der Waals surface area contributed by atoms with E-state index in [-0.39, 0.29) is 17.7 Å². The third kappa shape index (κ3) is 4.95. The number of rotatable bonds is 8. The molecule has 1 unspecified atom stereocenters. The van der Waals surface area contributed by atoms with Gasteiger partial charge >= 0.3 is 5.97 Å². The first-order valence-corrected chi connectivity index (χ1v) is 13.2. The minimum absolute atomic E-state index is 0.185. The molecule has 200 valence electrons. The molecule has 2 heterocycles. The second kappa shape index (κ2) is 11.4. The zero-order valence-corrected chi connectivity index (χ0v) is 24.2. The van der Waals surface area contributed by atoms with Crippen LogP contribution in [0, 0.1) is 0 Å². The van der Waals surface area contributed by atoms with Crippen LogP contribution < -0.4 is 33.8 Å². The van der Waals surface area contributed by atoms with Gasteiger partial charge < -0.3 is 23.7 Å². The van der Waals surface area contributed by atoms with E-state index in [9.17, 15) is 9.59 Å². The summed E-state index contributed by atoms with van der Waals surface area (Å²) in [7, 11) is 6.18. The molecule has 4 rings (SSSR count). The fourth-order valence-corrected chi connectivity index (χ4v) is 5.83. The second-order valence-electron chi connectivity index (χ2n) is 8.15. The molecule has 0 aliphatic carbocycles. The van der Waals surface area contributed by atoms with Crippen LogP contribution in [0.5, 0.6) is 23.0 Å². The number of carbonyl (C=O) groups is 1. The number of benzene rings is 2. The number of ether oxygens (including phenoxy) is 5. The normalized spacial score (nSPS) is 15.0. The van der Waals surface area contributed by atoms with Gasteiger partial charge in [0, 0.05) is 11.6 Å². The lowest BCUT2D eigenvalue weighted by Gasteiger charge is -2.25. The highest BCUT2D eigenvalue weighted by Crippen LogP contribution is 2.36. The number of halogens is 1. The first-order chi connectivity index (χ1) is 18.3. The average molecular weight is 603 g/mol. The number of aromatic nitrogens is 1. The lowest BCUT2D eigenvalue weighted by atomic mass is 9.95.